The van der Waals surface area contributed by atoms with Gasteiger partial charge in [-0.3, -0.25) is 14.4 Å². The van der Waals surface area contributed by atoms with Gasteiger partial charge >= 0.3 is 0 Å². The van der Waals surface area contributed by atoms with Crippen molar-refractivity contribution in [1.29, 1.82) is 0 Å². The van der Waals surface area contributed by atoms with Crippen LogP contribution in [0.2, 0.25) is 0 Å². The molecule has 1 aliphatic heterocycles. The van der Waals surface area contributed by atoms with E-state index >= 15 is 0 Å². The number of morpholine rings is 1. The van der Waals surface area contributed by atoms with Crippen LogP contribution in [0.3, 0.4) is 0 Å². The highest BCUT2D eigenvalue weighted by Gasteiger charge is 2.31. The van der Waals surface area contributed by atoms with Crippen molar-refractivity contribution in [2.75, 3.05) is 32.8 Å². The number of aromatic nitrogens is 1. The Labute approximate surface area is 150 Å². The fraction of sp³-hybridized carbons (Fsp3) is 0.529. The van der Waals surface area contributed by atoms with E-state index in [1.807, 2.05) is 0 Å². The highest BCUT2D eigenvalue weighted by atomic mass is 19.1. The number of ether oxygens (including phenoxy) is 1. The minimum absolute atomic E-state index is 0.0448. The van der Waals surface area contributed by atoms with Gasteiger partial charge in [0.05, 0.1) is 25.8 Å². The summed E-state index contributed by atoms with van der Waals surface area (Å²) in [7, 11) is 0. The average molecular weight is 364 g/mol. The van der Waals surface area contributed by atoms with E-state index in [-0.39, 0.29) is 49.0 Å². The van der Waals surface area contributed by atoms with Gasteiger partial charge in [0.15, 0.2) is 0 Å². The Balaban J connectivity index is 1.52. The molecule has 0 radical (unpaired) electrons. The fourth-order valence-corrected chi connectivity index (χ4v) is 2.76. The van der Waals surface area contributed by atoms with Gasteiger partial charge in [-0.1, -0.05) is 0 Å². The van der Waals surface area contributed by atoms with Crippen LogP contribution in [0, 0.1) is 11.9 Å². The number of hydrogen-bond acceptors (Lipinski definition) is 5. The van der Waals surface area contributed by atoms with Crippen molar-refractivity contribution in [2.45, 2.75) is 18.9 Å². The zero-order valence-electron chi connectivity index (χ0n) is 14.2. The summed E-state index contributed by atoms with van der Waals surface area (Å²) in [6.07, 6.45) is 2.97. The molecule has 0 bridgehead atoms. The lowest BCUT2D eigenvalue weighted by atomic mass is 10.2. The molecule has 2 fully saturated rings. The third-order valence-electron chi connectivity index (χ3n) is 4.40. The van der Waals surface area contributed by atoms with E-state index in [9.17, 15) is 18.8 Å². The molecule has 1 atom stereocenters. The summed E-state index contributed by atoms with van der Waals surface area (Å²) in [5.74, 6) is -1.44. The van der Waals surface area contributed by atoms with Gasteiger partial charge in [-0.05, 0) is 18.9 Å². The number of halogens is 1. The summed E-state index contributed by atoms with van der Waals surface area (Å²) >= 11 is 0. The maximum absolute atomic E-state index is 13.1. The van der Waals surface area contributed by atoms with Crippen LogP contribution in [0.5, 0.6) is 0 Å². The Kier molecular flexibility index (Phi) is 5.77. The van der Waals surface area contributed by atoms with Gasteiger partial charge in [0.2, 0.25) is 17.8 Å². The number of hydrogen-bond donors (Lipinski definition) is 2. The molecule has 26 heavy (non-hydrogen) atoms. The molecule has 1 saturated carbocycles. The van der Waals surface area contributed by atoms with E-state index < -0.39 is 11.9 Å². The van der Waals surface area contributed by atoms with Crippen LogP contribution in [0.15, 0.2) is 18.3 Å². The molecule has 2 heterocycles. The predicted molar refractivity (Wildman–Crippen MR) is 88.6 cm³/mol. The monoisotopic (exact) mass is 364 g/mol. The Morgan fingerprint density at radius 3 is 2.85 bits per heavy atom. The van der Waals surface area contributed by atoms with Gasteiger partial charge < -0.3 is 20.3 Å². The van der Waals surface area contributed by atoms with Gasteiger partial charge in [-0.15, -0.1) is 0 Å². The number of nitrogens with one attached hydrogen (secondary N) is 2. The smallest absolute Gasteiger partial charge is 0.251 e. The first-order chi connectivity index (χ1) is 12.5. The number of rotatable bonds is 6. The number of pyridine rings is 1. The summed E-state index contributed by atoms with van der Waals surface area (Å²) < 4.78 is 18.5. The largest absolute Gasteiger partial charge is 0.377 e. The zero-order valence-corrected chi connectivity index (χ0v) is 14.2. The SMILES string of the molecule is O=C(NCC1COCCN1C(=O)CNC(=O)C1CC1)c1ccnc(F)c1. The van der Waals surface area contributed by atoms with E-state index in [0.717, 1.165) is 18.9 Å². The van der Waals surface area contributed by atoms with Crippen molar-refractivity contribution in [1.82, 2.24) is 20.5 Å². The van der Waals surface area contributed by atoms with Gasteiger partial charge in [0.1, 0.15) is 0 Å². The van der Waals surface area contributed by atoms with E-state index in [1.54, 1.807) is 4.90 Å². The topological polar surface area (TPSA) is 101 Å². The lowest BCUT2D eigenvalue weighted by molar-refractivity contribution is -0.140. The molecule has 140 valence electrons. The molecular weight excluding hydrogens is 343 g/mol. The maximum atomic E-state index is 13.1. The molecule has 3 rings (SSSR count). The Bertz CT molecular complexity index is 695. The highest BCUT2D eigenvalue weighted by molar-refractivity contribution is 5.94. The fourth-order valence-electron chi connectivity index (χ4n) is 2.76. The van der Waals surface area contributed by atoms with Gasteiger partial charge in [-0.2, -0.15) is 4.39 Å². The minimum Gasteiger partial charge on any atom is -0.377 e. The summed E-state index contributed by atoms with van der Waals surface area (Å²) in [6.45, 7) is 1.19. The molecular formula is C17H21FN4O4. The van der Waals surface area contributed by atoms with Crippen LogP contribution in [0.4, 0.5) is 4.39 Å². The lowest BCUT2D eigenvalue weighted by Crippen LogP contribution is -2.55. The van der Waals surface area contributed by atoms with Crippen LogP contribution >= 0.6 is 0 Å². The average Bonchev–Trinajstić information content (AvgIpc) is 3.49. The van der Waals surface area contributed by atoms with E-state index in [2.05, 4.69) is 15.6 Å². The second-order valence-electron chi connectivity index (χ2n) is 6.39. The molecule has 1 saturated heterocycles. The van der Waals surface area contributed by atoms with Crippen molar-refractivity contribution in [3.8, 4) is 0 Å². The Morgan fingerprint density at radius 1 is 1.31 bits per heavy atom. The highest BCUT2D eigenvalue weighted by Crippen LogP contribution is 2.28. The lowest BCUT2D eigenvalue weighted by Gasteiger charge is -2.35. The van der Waals surface area contributed by atoms with Crippen LogP contribution in [-0.2, 0) is 14.3 Å². The van der Waals surface area contributed by atoms with Gasteiger partial charge in [0.25, 0.3) is 5.91 Å². The number of carbonyl (C=O) groups is 3. The number of nitrogens with zero attached hydrogens (tertiary/aromatic N) is 2. The van der Waals surface area contributed by atoms with E-state index in [4.69, 9.17) is 4.74 Å². The molecule has 1 aliphatic carbocycles. The normalized spacial score (nSPS) is 19.7. The predicted octanol–water partition coefficient (Wildman–Crippen LogP) is -0.296. The molecule has 1 unspecified atom stereocenters. The molecule has 2 aliphatic rings. The summed E-state index contributed by atoms with van der Waals surface area (Å²) in [4.78, 5) is 41.2. The first-order valence-corrected chi connectivity index (χ1v) is 8.59. The van der Waals surface area contributed by atoms with Gasteiger partial charge in [-0.25, -0.2) is 4.98 Å². The van der Waals surface area contributed by atoms with Crippen LogP contribution in [0.25, 0.3) is 0 Å². The maximum Gasteiger partial charge on any atom is 0.251 e. The third-order valence-corrected chi connectivity index (χ3v) is 4.40. The number of carbonyl (C=O) groups excluding carboxylic acids is 3. The molecule has 2 N–H and O–H groups in total. The van der Waals surface area contributed by atoms with Crippen molar-refractivity contribution in [3.63, 3.8) is 0 Å². The van der Waals surface area contributed by atoms with Crippen LogP contribution in [0.1, 0.15) is 23.2 Å². The van der Waals surface area contributed by atoms with Gasteiger partial charge in [0, 0.05) is 36.8 Å². The van der Waals surface area contributed by atoms with Crippen molar-refractivity contribution in [3.05, 3.63) is 29.8 Å². The molecule has 3 amide bonds. The summed E-state index contributed by atoms with van der Waals surface area (Å²) in [6, 6.07) is 2.11. The zero-order chi connectivity index (χ0) is 18.5. The first-order valence-electron chi connectivity index (χ1n) is 8.59. The van der Waals surface area contributed by atoms with Crippen LogP contribution < -0.4 is 10.6 Å². The first kappa shape index (κ1) is 18.2. The van der Waals surface area contributed by atoms with E-state index in [1.165, 1.54) is 12.3 Å². The van der Waals surface area contributed by atoms with Crippen molar-refractivity contribution < 1.29 is 23.5 Å². The van der Waals surface area contributed by atoms with Crippen molar-refractivity contribution >= 4 is 17.7 Å². The quantitative estimate of drug-likeness (QED) is 0.676. The molecule has 8 nitrogen and oxygen atoms in total. The van der Waals surface area contributed by atoms with Crippen molar-refractivity contribution in [2.24, 2.45) is 5.92 Å². The molecule has 0 aromatic carbocycles. The molecule has 9 heteroatoms. The Hall–Kier alpha value is -2.55. The summed E-state index contributed by atoms with van der Waals surface area (Å²) in [5, 5.41) is 5.33. The summed E-state index contributed by atoms with van der Waals surface area (Å²) in [5.41, 5.74) is 0.156. The standard InChI is InChI=1S/C17H21FN4O4/c18-14-7-12(3-4-19-14)17(25)20-8-13-10-26-6-5-22(13)15(23)9-21-16(24)11-1-2-11/h3-4,7,11,13H,1-2,5-6,8-10H2,(H,20,25)(H,21,24). The third kappa shape index (κ3) is 4.75. The second-order valence-corrected chi connectivity index (χ2v) is 6.39. The molecule has 0 spiro atoms. The molecule has 1 aromatic rings. The van der Waals surface area contributed by atoms with E-state index in [0.29, 0.717) is 13.2 Å². The number of amides is 3. The Morgan fingerprint density at radius 2 is 2.12 bits per heavy atom. The second kappa shape index (κ2) is 8.22. The van der Waals surface area contributed by atoms with Crippen LogP contribution in [-0.4, -0.2) is 66.5 Å². The minimum atomic E-state index is -0.734. The molecule has 1 aromatic heterocycles.